The molecule has 1 heterocycles. The maximum absolute atomic E-state index is 6.30. The summed E-state index contributed by atoms with van der Waals surface area (Å²) in [5.41, 5.74) is 5.10. The average molecular weight is 346 g/mol. The Labute approximate surface area is 134 Å². The number of benzene rings is 2. The van der Waals surface area contributed by atoms with Crippen molar-refractivity contribution in [2.24, 2.45) is 0 Å². The first-order valence-corrected chi connectivity index (χ1v) is 8.08. The molecule has 0 saturated heterocycles. The predicted molar refractivity (Wildman–Crippen MR) is 89.8 cm³/mol. The minimum atomic E-state index is 0.101. The summed E-state index contributed by atoms with van der Waals surface area (Å²) < 4.78 is 7.35. The highest BCUT2D eigenvalue weighted by Crippen LogP contribution is 2.42. The third-order valence-corrected chi connectivity index (χ3v) is 4.69. The highest BCUT2D eigenvalue weighted by Gasteiger charge is 2.29. The zero-order valence-corrected chi connectivity index (χ0v) is 14.2. The zero-order chi connectivity index (χ0) is 15.0. The van der Waals surface area contributed by atoms with Crippen LogP contribution in [0.2, 0.25) is 0 Å². The van der Waals surface area contributed by atoms with Crippen molar-refractivity contribution >= 4 is 15.9 Å². The van der Waals surface area contributed by atoms with Gasteiger partial charge in [0.05, 0.1) is 0 Å². The van der Waals surface area contributed by atoms with Crippen LogP contribution < -0.4 is 10.1 Å². The van der Waals surface area contributed by atoms with Crippen molar-refractivity contribution in [3.63, 3.8) is 0 Å². The van der Waals surface area contributed by atoms with Gasteiger partial charge in [-0.15, -0.1) is 0 Å². The smallest absolute Gasteiger partial charge is 0.126 e. The summed E-state index contributed by atoms with van der Waals surface area (Å²) in [5.74, 6) is 0.973. The van der Waals surface area contributed by atoms with Crippen molar-refractivity contribution in [3.05, 3.63) is 63.1 Å². The van der Waals surface area contributed by atoms with Gasteiger partial charge in [0.15, 0.2) is 0 Å². The second kappa shape index (κ2) is 5.82. The van der Waals surface area contributed by atoms with Crippen molar-refractivity contribution in [3.8, 4) is 5.75 Å². The fourth-order valence-electron chi connectivity index (χ4n) is 3.01. The Morgan fingerprint density at radius 3 is 2.67 bits per heavy atom. The number of aryl methyl sites for hydroxylation is 2. The van der Waals surface area contributed by atoms with Crippen molar-refractivity contribution in [2.45, 2.75) is 32.4 Å². The van der Waals surface area contributed by atoms with Crippen molar-refractivity contribution in [1.82, 2.24) is 5.32 Å². The van der Waals surface area contributed by atoms with Crippen LogP contribution >= 0.6 is 15.9 Å². The maximum Gasteiger partial charge on any atom is 0.126 e. The van der Waals surface area contributed by atoms with Crippen molar-refractivity contribution in [1.29, 1.82) is 0 Å². The van der Waals surface area contributed by atoms with Crippen LogP contribution in [0.5, 0.6) is 5.75 Å². The van der Waals surface area contributed by atoms with E-state index < -0.39 is 0 Å². The number of rotatable bonds is 2. The average Bonchev–Trinajstić information content (AvgIpc) is 2.48. The lowest BCUT2D eigenvalue weighted by atomic mass is 9.90. The molecule has 2 atom stereocenters. The van der Waals surface area contributed by atoms with Crippen LogP contribution in [-0.4, -0.2) is 7.05 Å². The molecular weight excluding hydrogens is 326 g/mol. The van der Waals surface area contributed by atoms with Crippen molar-refractivity contribution in [2.75, 3.05) is 7.05 Å². The molecule has 0 spiro atoms. The largest absolute Gasteiger partial charge is 0.485 e. The molecule has 21 heavy (non-hydrogen) atoms. The maximum atomic E-state index is 6.30. The summed E-state index contributed by atoms with van der Waals surface area (Å²) in [6, 6.07) is 13.2. The molecule has 1 aliphatic rings. The van der Waals surface area contributed by atoms with E-state index in [2.05, 4.69) is 71.5 Å². The van der Waals surface area contributed by atoms with Gasteiger partial charge in [-0.3, -0.25) is 0 Å². The quantitative estimate of drug-likeness (QED) is 0.839. The van der Waals surface area contributed by atoms with Gasteiger partial charge in [0, 0.05) is 22.5 Å². The molecule has 2 unspecified atom stereocenters. The number of ether oxygens (including phenoxy) is 1. The third-order valence-electron chi connectivity index (χ3n) is 4.20. The molecule has 2 aromatic carbocycles. The summed E-state index contributed by atoms with van der Waals surface area (Å²) in [6.45, 7) is 4.29. The highest BCUT2D eigenvalue weighted by molar-refractivity contribution is 9.10. The van der Waals surface area contributed by atoms with Crippen LogP contribution in [0.15, 0.2) is 40.9 Å². The molecule has 3 heteroatoms. The van der Waals surface area contributed by atoms with Gasteiger partial charge >= 0.3 is 0 Å². The van der Waals surface area contributed by atoms with Gasteiger partial charge < -0.3 is 10.1 Å². The lowest BCUT2D eigenvalue weighted by Gasteiger charge is -2.33. The van der Waals surface area contributed by atoms with Gasteiger partial charge in [-0.05, 0) is 44.2 Å². The van der Waals surface area contributed by atoms with Crippen LogP contribution in [0.1, 0.15) is 40.8 Å². The van der Waals surface area contributed by atoms with Gasteiger partial charge in [0.25, 0.3) is 0 Å². The Hall–Kier alpha value is -1.32. The molecule has 110 valence electrons. The molecule has 0 aliphatic carbocycles. The van der Waals surface area contributed by atoms with E-state index in [1.165, 1.54) is 22.3 Å². The number of hydrogen-bond donors (Lipinski definition) is 1. The molecule has 0 saturated carbocycles. The van der Waals surface area contributed by atoms with Gasteiger partial charge in [0.1, 0.15) is 11.9 Å². The van der Waals surface area contributed by atoms with E-state index in [1.807, 2.05) is 7.05 Å². The summed E-state index contributed by atoms with van der Waals surface area (Å²) in [4.78, 5) is 0. The zero-order valence-electron chi connectivity index (χ0n) is 12.6. The van der Waals surface area contributed by atoms with E-state index in [4.69, 9.17) is 4.74 Å². The molecule has 2 aromatic rings. The number of nitrogens with one attached hydrogen (secondary N) is 1. The van der Waals surface area contributed by atoms with Crippen LogP contribution in [0, 0.1) is 13.8 Å². The predicted octanol–water partition coefficient (Wildman–Crippen LogP) is 4.85. The molecule has 2 nitrogen and oxygen atoms in total. The lowest BCUT2D eigenvalue weighted by Crippen LogP contribution is -2.27. The standard InChI is InChI=1S/C18H20BrNO/c1-11-4-5-12(2)15(8-11)18-10-16(20-3)14-7-6-13(19)9-17(14)21-18/h4-9,16,18,20H,10H2,1-3H3. The molecule has 0 amide bonds. The first kappa shape index (κ1) is 14.6. The first-order chi connectivity index (χ1) is 10.1. The lowest BCUT2D eigenvalue weighted by molar-refractivity contribution is 0.153. The number of halogens is 1. The fraction of sp³-hybridized carbons (Fsp3) is 0.333. The van der Waals surface area contributed by atoms with E-state index in [0.29, 0.717) is 6.04 Å². The highest BCUT2D eigenvalue weighted by atomic mass is 79.9. The fourth-order valence-corrected chi connectivity index (χ4v) is 3.35. The van der Waals surface area contributed by atoms with Crippen LogP contribution in [-0.2, 0) is 0 Å². The normalized spacial score (nSPS) is 20.8. The Morgan fingerprint density at radius 1 is 1.10 bits per heavy atom. The molecule has 1 N–H and O–H groups in total. The summed E-state index contributed by atoms with van der Waals surface area (Å²) >= 11 is 3.53. The Bertz CT molecular complexity index is 668. The summed E-state index contributed by atoms with van der Waals surface area (Å²) in [5, 5.41) is 3.42. The van der Waals surface area contributed by atoms with E-state index >= 15 is 0 Å². The number of hydrogen-bond acceptors (Lipinski definition) is 2. The van der Waals surface area contributed by atoms with Gasteiger partial charge in [0.2, 0.25) is 0 Å². The molecule has 0 bridgehead atoms. The molecule has 0 radical (unpaired) electrons. The molecular formula is C18H20BrNO. The van der Waals surface area contributed by atoms with Crippen molar-refractivity contribution < 1.29 is 4.74 Å². The van der Waals surface area contributed by atoms with Crippen LogP contribution in [0.3, 0.4) is 0 Å². The van der Waals surface area contributed by atoms with Gasteiger partial charge in [-0.2, -0.15) is 0 Å². The van der Waals surface area contributed by atoms with E-state index in [-0.39, 0.29) is 6.10 Å². The van der Waals surface area contributed by atoms with Gasteiger partial charge in [-0.1, -0.05) is 45.8 Å². The minimum absolute atomic E-state index is 0.101. The second-order valence-corrected chi connectivity index (χ2v) is 6.64. The molecule has 0 fully saturated rings. The first-order valence-electron chi connectivity index (χ1n) is 7.29. The number of fused-ring (bicyclic) bond motifs is 1. The van der Waals surface area contributed by atoms with Crippen LogP contribution in [0.25, 0.3) is 0 Å². The molecule has 3 rings (SSSR count). The Morgan fingerprint density at radius 2 is 1.90 bits per heavy atom. The summed E-state index contributed by atoms with van der Waals surface area (Å²) in [7, 11) is 2.02. The van der Waals surface area contributed by atoms with E-state index in [1.54, 1.807) is 0 Å². The Kier molecular flexibility index (Phi) is 4.05. The third kappa shape index (κ3) is 2.85. The molecule has 1 aliphatic heterocycles. The molecule has 0 aromatic heterocycles. The Balaban J connectivity index is 2.01. The minimum Gasteiger partial charge on any atom is -0.485 e. The van der Waals surface area contributed by atoms with E-state index in [0.717, 1.165) is 16.6 Å². The van der Waals surface area contributed by atoms with Crippen LogP contribution in [0.4, 0.5) is 0 Å². The van der Waals surface area contributed by atoms with Gasteiger partial charge in [-0.25, -0.2) is 0 Å². The van der Waals surface area contributed by atoms with E-state index in [9.17, 15) is 0 Å². The monoisotopic (exact) mass is 345 g/mol. The SMILES string of the molecule is CNC1CC(c2cc(C)ccc2C)Oc2cc(Br)ccc21. The second-order valence-electron chi connectivity index (χ2n) is 5.73. The summed E-state index contributed by atoms with van der Waals surface area (Å²) in [6.07, 6.45) is 1.05. The topological polar surface area (TPSA) is 21.3 Å².